The summed E-state index contributed by atoms with van der Waals surface area (Å²) in [6.45, 7) is 0.464. The summed E-state index contributed by atoms with van der Waals surface area (Å²) in [6, 6.07) is 19.4. The minimum Gasteiger partial charge on any atom is -0.478 e. The summed E-state index contributed by atoms with van der Waals surface area (Å²) in [5.41, 5.74) is -0.533. The number of aliphatic carboxylic acids is 1. The van der Waals surface area contributed by atoms with Crippen LogP contribution in [0.2, 0.25) is 0 Å². The number of amides is 2. The smallest absolute Gasteiger partial charge is 0.409 e. The van der Waals surface area contributed by atoms with Crippen molar-refractivity contribution >= 4 is 34.7 Å². The van der Waals surface area contributed by atoms with Crippen LogP contribution in [0.3, 0.4) is 0 Å². The van der Waals surface area contributed by atoms with Crippen LogP contribution < -0.4 is 16.0 Å². The number of hydrogen-bond donors (Lipinski definition) is 5. The van der Waals surface area contributed by atoms with Gasteiger partial charge in [-0.15, -0.1) is 0 Å². The third-order valence-corrected chi connectivity index (χ3v) is 5.90. The van der Waals surface area contributed by atoms with E-state index in [4.69, 9.17) is 4.74 Å². The number of carbonyl (C=O) groups is 3. The van der Waals surface area contributed by atoms with Gasteiger partial charge >= 0.3 is 12.1 Å². The number of benzene rings is 2. The van der Waals surface area contributed by atoms with Gasteiger partial charge in [0, 0.05) is 24.5 Å². The van der Waals surface area contributed by atoms with Gasteiger partial charge in [0.1, 0.15) is 12.4 Å². The van der Waals surface area contributed by atoms with Gasteiger partial charge in [0.25, 0.3) is 5.91 Å². The van der Waals surface area contributed by atoms with Crippen LogP contribution in [0.15, 0.2) is 79.1 Å². The van der Waals surface area contributed by atoms with E-state index in [2.05, 4.69) is 31.1 Å². The van der Waals surface area contributed by atoms with Crippen LogP contribution in [-0.4, -0.2) is 50.5 Å². The molecule has 1 unspecified atom stereocenters. The fourth-order valence-corrected chi connectivity index (χ4v) is 3.93. The van der Waals surface area contributed by atoms with Gasteiger partial charge in [0.2, 0.25) is 5.66 Å². The van der Waals surface area contributed by atoms with E-state index in [-0.39, 0.29) is 18.6 Å². The van der Waals surface area contributed by atoms with Crippen molar-refractivity contribution in [1.82, 2.24) is 25.8 Å². The first-order valence-corrected chi connectivity index (χ1v) is 12.1. The second-order valence-corrected chi connectivity index (χ2v) is 8.59. The lowest BCUT2D eigenvalue weighted by Gasteiger charge is -2.31. The fourth-order valence-electron chi connectivity index (χ4n) is 3.93. The normalized spacial score (nSPS) is 12.3. The highest BCUT2D eigenvalue weighted by Crippen LogP contribution is 2.19. The molecule has 0 fully saturated rings. The molecule has 4 rings (SSSR count). The summed E-state index contributed by atoms with van der Waals surface area (Å²) in [6.07, 6.45) is 3.02. The molecule has 0 aliphatic heterocycles. The maximum Gasteiger partial charge on any atom is 0.409 e. The first-order chi connectivity index (χ1) is 18.5. The Labute approximate surface area is 218 Å². The zero-order valence-electron chi connectivity index (χ0n) is 20.5. The van der Waals surface area contributed by atoms with Crippen molar-refractivity contribution in [1.29, 1.82) is 0 Å². The summed E-state index contributed by atoms with van der Waals surface area (Å²) in [5, 5.41) is 25.6. The SMILES string of the molecule is O=C(NC(CCCCNc1ccccn1)(NC(=O)c1cccc2[nH]ncc12)C(=O)O)OCc1ccccc1. The number of H-pyrrole nitrogens is 1. The van der Waals surface area contributed by atoms with E-state index in [9.17, 15) is 19.5 Å². The molecule has 2 aromatic heterocycles. The molecule has 1 atom stereocenters. The van der Waals surface area contributed by atoms with Crippen LogP contribution in [-0.2, 0) is 16.1 Å². The third-order valence-electron chi connectivity index (χ3n) is 5.90. The van der Waals surface area contributed by atoms with Gasteiger partial charge in [-0.3, -0.25) is 15.2 Å². The van der Waals surface area contributed by atoms with Crippen molar-refractivity contribution in [2.24, 2.45) is 0 Å². The Kier molecular flexibility index (Phi) is 8.50. The molecule has 196 valence electrons. The highest BCUT2D eigenvalue weighted by atomic mass is 16.5. The summed E-state index contributed by atoms with van der Waals surface area (Å²) in [7, 11) is 0. The largest absolute Gasteiger partial charge is 0.478 e. The first kappa shape index (κ1) is 26.1. The molecule has 4 aromatic rings. The summed E-state index contributed by atoms with van der Waals surface area (Å²) in [5.74, 6) is -1.39. The molecular weight excluding hydrogens is 488 g/mol. The van der Waals surface area contributed by atoms with E-state index in [0.717, 1.165) is 5.56 Å². The topological polar surface area (TPSA) is 158 Å². The molecule has 11 heteroatoms. The highest BCUT2D eigenvalue weighted by Gasteiger charge is 2.42. The molecule has 0 aliphatic rings. The molecule has 2 heterocycles. The van der Waals surface area contributed by atoms with Gasteiger partial charge in [-0.05, 0) is 42.7 Å². The molecule has 2 aromatic carbocycles. The van der Waals surface area contributed by atoms with Gasteiger partial charge < -0.3 is 20.5 Å². The second-order valence-electron chi connectivity index (χ2n) is 8.59. The number of anilines is 1. The molecule has 2 amide bonds. The predicted octanol–water partition coefficient (Wildman–Crippen LogP) is 3.68. The van der Waals surface area contributed by atoms with Gasteiger partial charge in [-0.2, -0.15) is 5.10 Å². The Balaban J connectivity index is 1.48. The predicted molar refractivity (Wildman–Crippen MR) is 140 cm³/mol. The van der Waals surface area contributed by atoms with Crippen molar-refractivity contribution in [3.05, 3.63) is 90.3 Å². The van der Waals surface area contributed by atoms with Crippen LogP contribution in [0.4, 0.5) is 10.6 Å². The average molecular weight is 517 g/mol. The molecule has 5 N–H and O–H groups in total. The Morgan fingerprint density at radius 1 is 0.947 bits per heavy atom. The van der Waals surface area contributed by atoms with Crippen molar-refractivity contribution in [2.75, 3.05) is 11.9 Å². The van der Waals surface area contributed by atoms with Crippen LogP contribution >= 0.6 is 0 Å². The third kappa shape index (κ3) is 6.64. The number of rotatable bonds is 12. The number of ether oxygens (including phenoxy) is 1. The van der Waals surface area contributed by atoms with E-state index in [0.29, 0.717) is 36.1 Å². The lowest BCUT2D eigenvalue weighted by molar-refractivity contribution is -0.146. The van der Waals surface area contributed by atoms with Crippen molar-refractivity contribution in [3.8, 4) is 0 Å². The molecule has 0 saturated heterocycles. The van der Waals surface area contributed by atoms with Gasteiger partial charge in [-0.1, -0.05) is 42.5 Å². The Hall–Kier alpha value is -4.93. The Bertz CT molecular complexity index is 1380. The maximum absolute atomic E-state index is 13.3. The molecule has 11 nitrogen and oxygen atoms in total. The molecule has 0 bridgehead atoms. The Morgan fingerprint density at radius 2 is 1.76 bits per heavy atom. The minimum absolute atomic E-state index is 0.0569. The second kappa shape index (κ2) is 12.3. The highest BCUT2D eigenvalue weighted by molar-refractivity contribution is 6.07. The van der Waals surface area contributed by atoms with Crippen molar-refractivity contribution in [2.45, 2.75) is 31.5 Å². The number of carboxylic acid groups (broad SMARTS) is 1. The van der Waals surface area contributed by atoms with Crippen LogP contribution in [0, 0.1) is 0 Å². The van der Waals surface area contributed by atoms with Crippen molar-refractivity contribution in [3.63, 3.8) is 0 Å². The number of aromatic nitrogens is 3. The standard InChI is InChI=1S/C27H28N6O5/c34-24(20-11-8-12-22-21(20)17-30-33-22)31-27(25(35)36,14-5-7-16-29-23-13-4-6-15-28-23)32-26(37)38-18-19-9-2-1-3-10-19/h1-4,6,8-13,15,17H,5,7,14,16,18H2,(H,28,29)(H,30,33)(H,31,34)(H,32,37)(H,35,36). The first-order valence-electron chi connectivity index (χ1n) is 12.1. The van der Waals surface area contributed by atoms with Gasteiger partial charge in [0.05, 0.1) is 17.3 Å². The van der Waals surface area contributed by atoms with Crippen LogP contribution in [0.25, 0.3) is 10.9 Å². The van der Waals surface area contributed by atoms with Gasteiger partial charge in [-0.25, -0.2) is 14.6 Å². The van der Waals surface area contributed by atoms with E-state index < -0.39 is 23.6 Å². The fraction of sp³-hybridized carbons (Fsp3) is 0.222. The van der Waals surface area contributed by atoms with E-state index in [1.54, 1.807) is 48.7 Å². The zero-order valence-corrected chi connectivity index (χ0v) is 20.5. The Morgan fingerprint density at radius 3 is 2.53 bits per heavy atom. The number of aromatic amines is 1. The number of pyridine rings is 1. The summed E-state index contributed by atoms with van der Waals surface area (Å²) < 4.78 is 5.26. The van der Waals surface area contributed by atoms with Crippen molar-refractivity contribution < 1.29 is 24.2 Å². The molecule has 0 saturated carbocycles. The summed E-state index contributed by atoms with van der Waals surface area (Å²) in [4.78, 5) is 42.8. The number of hydrogen-bond acceptors (Lipinski definition) is 7. The number of nitrogens with zero attached hydrogens (tertiary/aromatic N) is 2. The molecule has 38 heavy (non-hydrogen) atoms. The summed E-state index contributed by atoms with van der Waals surface area (Å²) >= 11 is 0. The van der Waals surface area contributed by atoms with E-state index >= 15 is 0 Å². The van der Waals surface area contributed by atoms with Crippen LogP contribution in [0.5, 0.6) is 0 Å². The monoisotopic (exact) mass is 516 g/mol. The number of fused-ring (bicyclic) bond motifs is 1. The van der Waals surface area contributed by atoms with E-state index in [1.807, 2.05) is 24.3 Å². The van der Waals surface area contributed by atoms with Gasteiger partial charge in [0.15, 0.2) is 0 Å². The lowest BCUT2D eigenvalue weighted by Crippen LogP contribution is -2.65. The zero-order chi connectivity index (χ0) is 26.8. The molecule has 0 radical (unpaired) electrons. The number of carbonyl (C=O) groups excluding carboxylic acids is 2. The minimum atomic E-state index is -2.11. The molecule has 0 aliphatic carbocycles. The average Bonchev–Trinajstić information content (AvgIpc) is 3.42. The number of carboxylic acids is 1. The number of alkyl carbamates (subject to hydrolysis) is 1. The number of nitrogens with one attached hydrogen (secondary N) is 4. The van der Waals surface area contributed by atoms with Crippen LogP contribution in [0.1, 0.15) is 35.2 Å². The number of unbranched alkanes of at least 4 members (excludes halogenated alkanes) is 1. The lowest BCUT2D eigenvalue weighted by atomic mass is 10.0. The van der Waals surface area contributed by atoms with E-state index in [1.165, 1.54) is 6.20 Å². The quantitative estimate of drug-likeness (QED) is 0.141. The molecular formula is C27H28N6O5. The maximum atomic E-state index is 13.3. The molecule has 0 spiro atoms.